The third-order valence-electron chi connectivity index (χ3n) is 4.17. The van der Waals surface area contributed by atoms with E-state index < -0.39 is 28.5 Å². The predicted octanol–water partition coefficient (Wildman–Crippen LogP) is 3.84. The summed E-state index contributed by atoms with van der Waals surface area (Å²) in [5.41, 5.74) is -0.811. The lowest BCUT2D eigenvalue weighted by Crippen LogP contribution is -2.30. The van der Waals surface area contributed by atoms with Crippen LogP contribution in [0.2, 0.25) is 0 Å². The number of carbonyl (C=O) groups excluding carboxylic acids is 1. The SMILES string of the molecule is O=C(Nc1c(N2CCCCC2)noc1C(F)(F)F)c1ccc([N+](=O)[O-])cc1. The van der Waals surface area contributed by atoms with Crippen LogP contribution in [0.1, 0.15) is 35.4 Å². The molecular formula is C16H15F3N4O4. The first-order valence-electron chi connectivity index (χ1n) is 8.15. The number of nitrogens with one attached hydrogen (secondary N) is 1. The van der Waals surface area contributed by atoms with Gasteiger partial charge in [-0.3, -0.25) is 14.9 Å². The van der Waals surface area contributed by atoms with E-state index in [9.17, 15) is 28.1 Å². The third-order valence-corrected chi connectivity index (χ3v) is 4.17. The summed E-state index contributed by atoms with van der Waals surface area (Å²) in [5.74, 6) is -2.31. The van der Waals surface area contributed by atoms with E-state index in [-0.39, 0.29) is 17.1 Å². The molecule has 0 spiro atoms. The van der Waals surface area contributed by atoms with Gasteiger partial charge in [-0.25, -0.2) is 0 Å². The minimum Gasteiger partial charge on any atom is -0.352 e. The highest BCUT2D eigenvalue weighted by Crippen LogP contribution is 2.41. The van der Waals surface area contributed by atoms with Gasteiger partial charge in [0.2, 0.25) is 0 Å². The van der Waals surface area contributed by atoms with Gasteiger partial charge in [-0.2, -0.15) is 13.2 Å². The predicted molar refractivity (Wildman–Crippen MR) is 88.6 cm³/mol. The number of nitro benzene ring substituents is 1. The Morgan fingerprint density at radius 3 is 2.37 bits per heavy atom. The summed E-state index contributed by atoms with van der Waals surface area (Å²) >= 11 is 0. The van der Waals surface area contributed by atoms with Crippen molar-refractivity contribution in [2.45, 2.75) is 25.4 Å². The Labute approximate surface area is 151 Å². The number of hydrogen-bond donors (Lipinski definition) is 1. The number of nitrogens with zero attached hydrogens (tertiary/aromatic N) is 3. The van der Waals surface area contributed by atoms with Crippen LogP contribution in [0, 0.1) is 10.1 Å². The minimum atomic E-state index is -4.83. The van der Waals surface area contributed by atoms with Gasteiger partial charge in [-0.1, -0.05) is 5.16 Å². The van der Waals surface area contributed by atoms with Crippen LogP contribution >= 0.6 is 0 Å². The molecule has 1 aliphatic heterocycles. The Kier molecular flexibility index (Phi) is 5.02. The molecule has 0 atom stereocenters. The first kappa shape index (κ1) is 18.7. The number of halogens is 3. The summed E-state index contributed by atoms with van der Waals surface area (Å²) in [6.07, 6.45) is -2.28. The van der Waals surface area contributed by atoms with Crippen LogP contribution in [0.5, 0.6) is 0 Å². The average Bonchev–Trinajstić information content (AvgIpc) is 3.06. The van der Waals surface area contributed by atoms with Gasteiger partial charge in [0, 0.05) is 30.8 Å². The lowest BCUT2D eigenvalue weighted by Gasteiger charge is -2.27. The first-order valence-corrected chi connectivity index (χ1v) is 8.15. The van der Waals surface area contributed by atoms with Crippen LogP contribution in [0.3, 0.4) is 0 Å². The fourth-order valence-corrected chi connectivity index (χ4v) is 2.83. The molecule has 0 aliphatic carbocycles. The van der Waals surface area contributed by atoms with Crippen molar-refractivity contribution in [2.75, 3.05) is 23.3 Å². The van der Waals surface area contributed by atoms with Gasteiger partial charge < -0.3 is 14.7 Å². The molecule has 0 saturated carbocycles. The number of anilines is 2. The molecule has 0 unspecified atom stereocenters. The first-order chi connectivity index (χ1) is 12.8. The standard InChI is InChI=1S/C16H15F3N4O4/c17-16(18,19)13-12(14(21-27-13)22-8-2-1-3-9-22)20-15(24)10-4-6-11(7-5-10)23(25)26/h4-7H,1-3,8-9H2,(H,20,24). The van der Waals surface area contributed by atoms with Crippen molar-refractivity contribution in [2.24, 2.45) is 0 Å². The molecule has 1 aromatic heterocycles. The molecule has 2 heterocycles. The zero-order valence-electron chi connectivity index (χ0n) is 14.0. The van der Waals surface area contributed by atoms with E-state index in [1.54, 1.807) is 4.90 Å². The maximum absolute atomic E-state index is 13.2. The fourth-order valence-electron chi connectivity index (χ4n) is 2.83. The molecule has 1 saturated heterocycles. The number of piperidine rings is 1. The summed E-state index contributed by atoms with van der Waals surface area (Å²) in [6, 6.07) is 4.51. The minimum absolute atomic E-state index is 0.0282. The quantitative estimate of drug-likeness (QED) is 0.635. The summed E-state index contributed by atoms with van der Waals surface area (Å²) in [5, 5.41) is 16.4. The van der Waals surface area contributed by atoms with E-state index >= 15 is 0 Å². The van der Waals surface area contributed by atoms with Gasteiger partial charge >= 0.3 is 6.18 Å². The van der Waals surface area contributed by atoms with Crippen LogP contribution in [0.15, 0.2) is 28.8 Å². The number of carbonyl (C=O) groups is 1. The maximum Gasteiger partial charge on any atom is 0.454 e. The second-order valence-electron chi connectivity index (χ2n) is 6.01. The largest absolute Gasteiger partial charge is 0.454 e. The Hall–Kier alpha value is -3.11. The highest BCUT2D eigenvalue weighted by atomic mass is 19.4. The molecular weight excluding hydrogens is 369 g/mol. The third kappa shape index (κ3) is 4.01. The van der Waals surface area contributed by atoms with E-state index in [0.29, 0.717) is 13.1 Å². The highest BCUT2D eigenvalue weighted by Gasteiger charge is 2.42. The number of aromatic nitrogens is 1. The molecule has 27 heavy (non-hydrogen) atoms. The molecule has 144 valence electrons. The fraction of sp³-hybridized carbons (Fsp3) is 0.375. The Morgan fingerprint density at radius 1 is 1.19 bits per heavy atom. The molecule has 0 bridgehead atoms. The molecule has 1 amide bonds. The summed E-state index contributed by atoms with van der Waals surface area (Å²) < 4.78 is 44.2. The van der Waals surface area contributed by atoms with E-state index in [0.717, 1.165) is 43.5 Å². The van der Waals surface area contributed by atoms with Crippen molar-refractivity contribution < 1.29 is 27.4 Å². The number of benzene rings is 1. The van der Waals surface area contributed by atoms with Crippen molar-refractivity contribution in [3.05, 3.63) is 45.7 Å². The van der Waals surface area contributed by atoms with Crippen LogP contribution in [0.25, 0.3) is 0 Å². The van der Waals surface area contributed by atoms with Crippen molar-refractivity contribution in [1.29, 1.82) is 0 Å². The molecule has 1 fully saturated rings. The van der Waals surface area contributed by atoms with Crippen LogP contribution in [-0.2, 0) is 6.18 Å². The molecule has 0 radical (unpaired) electrons. The summed E-state index contributed by atoms with van der Waals surface area (Å²) in [4.78, 5) is 24.0. The van der Waals surface area contributed by atoms with E-state index in [1.165, 1.54) is 0 Å². The Balaban J connectivity index is 1.90. The van der Waals surface area contributed by atoms with Gasteiger partial charge in [0.25, 0.3) is 17.4 Å². The maximum atomic E-state index is 13.2. The number of nitro groups is 1. The average molecular weight is 384 g/mol. The van der Waals surface area contributed by atoms with Gasteiger partial charge in [0.1, 0.15) is 5.69 Å². The lowest BCUT2D eigenvalue weighted by molar-refractivity contribution is -0.384. The second kappa shape index (κ2) is 7.25. The smallest absolute Gasteiger partial charge is 0.352 e. The zero-order valence-corrected chi connectivity index (χ0v) is 14.0. The zero-order chi connectivity index (χ0) is 19.6. The van der Waals surface area contributed by atoms with E-state index in [4.69, 9.17) is 0 Å². The molecule has 1 aliphatic rings. The van der Waals surface area contributed by atoms with Gasteiger partial charge in [0.15, 0.2) is 5.82 Å². The number of hydrogen-bond acceptors (Lipinski definition) is 6. The number of non-ortho nitro benzene ring substituents is 1. The number of alkyl halides is 3. The molecule has 2 aromatic rings. The summed E-state index contributed by atoms with van der Waals surface area (Å²) in [6.45, 7) is 1.01. The normalized spacial score (nSPS) is 14.9. The molecule has 8 nitrogen and oxygen atoms in total. The number of amides is 1. The van der Waals surface area contributed by atoms with Gasteiger partial charge in [-0.15, -0.1) is 0 Å². The number of rotatable bonds is 4. The topological polar surface area (TPSA) is 102 Å². The second-order valence-corrected chi connectivity index (χ2v) is 6.01. The van der Waals surface area contributed by atoms with Crippen LogP contribution in [-0.4, -0.2) is 29.1 Å². The lowest BCUT2D eigenvalue weighted by atomic mass is 10.1. The molecule has 1 N–H and O–H groups in total. The van der Waals surface area contributed by atoms with Gasteiger partial charge in [-0.05, 0) is 31.4 Å². The van der Waals surface area contributed by atoms with Crippen LogP contribution in [0.4, 0.5) is 30.4 Å². The molecule has 1 aromatic carbocycles. The molecule has 11 heteroatoms. The summed E-state index contributed by atoms with van der Waals surface area (Å²) in [7, 11) is 0. The monoisotopic (exact) mass is 384 g/mol. The van der Waals surface area contributed by atoms with Crippen molar-refractivity contribution in [3.8, 4) is 0 Å². The van der Waals surface area contributed by atoms with Crippen LogP contribution < -0.4 is 10.2 Å². The molecule has 3 rings (SSSR count). The Morgan fingerprint density at radius 2 is 1.81 bits per heavy atom. The van der Waals surface area contributed by atoms with E-state index in [2.05, 4.69) is 15.0 Å². The Bertz CT molecular complexity index is 842. The van der Waals surface area contributed by atoms with E-state index in [1.807, 2.05) is 0 Å². The van der Waals surface area contributed by atoms with Gasteiger partial charge in [0.05, 0.1) is 4.92 Å². The van der Waals surface area contributed by atoms with Crippen molar-refractivity contribution in [3.63, 3.8) is 0 Å². The highest BCUT2D eigenvalue weighted by molar-refractivity contribution is 6.06. The van der Waals surface area contributed by atoms with Crippen molar-refractivity contribution in [1.82, 2.24) is 5.16 Å². The van der Waals surface area contributed by atoms with Crippen molar-refractivity contribution >= 4 is 23.1 Å².